The molecule has 0 aromatic heterocycles. The van der Waals surface area contributed by atoms with Crippen LogP contribution in [0.1, 0.15) is 34.6 Å². The molecule has 0 spiro atoms. The molecule has 0 saturated heterocycles. The average molecular weight is 145 g/mol. The van der Waals surface area contributed by atoms with Crippen molar-refractivity contribution in [1.29, 1.82) is 0 Å². The molecule has 10 heavy (non-hydrogen) atoms. The summed E-state index contributed by atoms with van der Waals surface area (Å²) in [5.41, 5.74) is -0.172. The number of hydrogen-bond donors (Lipinski definition) is 2. The number of aliphatic hydroxyl groups is 1. The molecule has 2 N–H and O–H groups in total. The van der Waals surface area contributed by atoms with E-state index in [-0.39, 0.29) is 11.6 Å². The summed E-state index contributed by atoms with van der Waals surface area (Å²) < 4.78 is 0. The third-order valence-electron chi connectivity index (χ3n) is 1.71. The summed E-state index contributed by atoms with van der Waals surface area (Å²) in [5, 5.41) is 12.5. The van der Waals surface area contributed by atoms with Crippen molar-refractivity contribution in [3.05, 3.63) is 0 Å². The molecule has 0 aliphatic carbocycles. The maximum Gasteiger partial charge on any atom is 0.0688 e. The van der Waals surface area contributed by atoms with Gasteiger partial charge in [0.25, 0.3) is 0 Å². The summed E-state index contributed by atoms with van der Waals surface area (Å²) in [6, 6.07) is 0.421. The average Bonchev–Trinajstić information content (AvgIpc) is 1.60. The van der Waals surface area contributed by atoms with Crippen LogP contribution in [0, 0.1) is 0 Å². The lowest BCUT2D eigenvalue weighted by Gasteiger charge is -2.31. The van der Waals surface area contributed by atoms with Crippen LogP contribution >= 0.6 is 0 Å². The molecule has 62 valence electrons. The molecule has 0 rings (SSSR count). The fraction of sp³-hybridized carbons (Fsp3) is 1.00. The van der Waals surface area contributed by atoms with Crippen LogP contribution in [0.3, 0.4) is 0 Å². The molecule has 2 nitrogen and oxygen atoms in total. The van der Waals surface area contributed by atoms with E-state index >= 15 is 0 Å². The maximum atomic E-state index is 9.27. The summed E-state index contributed by atoms with van der Waals surface area (Å²) in [5.74, 6) is 0. The van der Waals surface area contributed by atoms with Gasteiger partial charge < -0.3 is 10.4 Å². The van der Waals surface area contributed by atoms with Crippen molar-refractivity contribution in [3.8, 4) is 0 Å². The zero-order valence-electron chi connectivity index (χ0n) is 7.60. The first-order valence-electron chi connectivity index (χ1n) is 3.82. The Morgan fingerprint density at radius 1 is 1.20 bits per heavy atom. The Hall–Kier alpha value is -0.0800. The van der Waals surface area contributed by atoms with Gasteiger partial charge in [-0.1, -0.05) is 13.8 Å². The molecule has 2 heteroatoms. The molecule has 1 atom stereocenters. The second-order valence-corrected chi connectivity index (χ2v) is 3.70. The highest BCUT2D eigenvalue weighted by Gasteiger charge is 2.23. The van der Waals surface area contributed by atoms with E-state index in [4.69, 9.17) is 0 Å². The minimum absolute atomic E-state index is 0.172. The second-order valence-electron chi connectivity index (χ2n) is 3.70. The van der Waals surface area contributed by atoms with Crippen molar-refractivity contribution in [2.24, 2.45) is 0 Å². The molecule has 0 aliphatic heterocycles. The molecule has 0 aromatic carbocycles. The van der Waals surface area contributed by atoms with Crippen LogP contribution in [-0.4, -0.2) is 22.8 Å². The van der Waals surface area contributed by atoms with Gasteiger partial charge in [-0.25, -0.2) is 0 Å². The highest BCUT2D eigenvalue weighted by molar-refractivity contribution is 4.84. The predicted octanol–water partition coefficient (Wildman–Crippen LogP) is 1.14. The molecule has 0 bridgehead atoms. The lowest BCUT2D eigenvalue weighted by Crippen LogP contribution is -2.51. The van der Waals surface area contributed by atoms with Crippen molar-refractivity contribution < 1.29 is 5.11 Å². The predicted molar refractivity (Wildman–Crippen MR) is 44.0 cm³/mol. The van der Waals surface area contributed by atoms with Gasteiger partial charge in [-0.05, 0) is 20.8 Å². The first-order valence-corrected chi connectivity index (χ1v) is 3.82. The lowest BCUT2D eigenvalue weighted by molar-refractivity contribution is 0.0911. The van der Waals surface area contributed by atoms with E-state index in [1.165, 1.54) is 0 Å². The normalized spacial score (nSPS) is 15.9. The second kappa shape index (κ2) is 3.35. The number of rotatable bonds is 3. The SMILES string of the molecule is CC(C)NC(C)(C)C(C)O. The number of aliphatic hydroxyl groups excluding tert-OH is 1. The molecule has 0 heterocycles. The maximum absolute atomic E-state index is 9.27. The first kappa shape index (κ1) is 9.92. The van der Waals surface area contributed by atoms with Gasteiger partial charge in [-0.15, -0.1) is 0 Å². The number of nitrogens with one attached hydrogen (secondary N) is 1. The van der Waals surface area contributed by atoms with E-state index in [1.54, 1.807) is 6.92 Å². The molecule has 0 fully saturated rings. The lowest BCUT2D eigenvalue weighted by atomic mass is 9.98. The Bertz CT molecular complexity index is 97.4. The van der Waals surface area contributed by atoms with Gasteiger partial charge in [0.05, 0.1) is 6.10 Å². The molecular formula is C8H19NO. The van der Waals surface area contributed by atoms with Crippen LogP contribution < -0.4 is 5.32 Å². The molecule has 1 unspecified atom stereocenters. The Kier molecular flexibility index (Phi) is 3.33. The van der Waals surface area contributed by atoms with Gasteiger partial charge >= 0.3 is 0 Å². The summed E-state index contributed by atoms with van der Waals surface area (Å²) in [4.78, 5) is 0. The highest BCUT2D eigenvalue weighted by Crippen LogP contribution is 2.08. The molecular weight excluding hydrogens is 126 g/mol. The van der Waals surface area contributed by atoms with E-state index in [2.05, 4.69) is 19.2 Å². The van der Waals surface area contributed by atoms with Crippen molar-refractivity contribution >= 4 is 0 Å². The monoisotopic (exact) mass is 145 g/mol. The summed E-state index contributed by atoms with van der Waals surface area (Å²) in [6.45, 7) is 9.94. The summed E-state index contributed by atoms with van der Waals surface area (Å²) in [7, 11) is 0. The van der Waals surface area contributed by atoms with Gasteiger partial charge in [-0.3, -0.25) is 0 Å². The minimum Gasteiger partial charge on any atom is -0.392 e. The van der Waals surface area contributed by atoms with Crippen LogP contribution in [0.2, 0.25) is 0 Å². The minimum atomic E-state index is -0.310. The van der Waals surface area contributed by atoms with Gasteiger partial charge in [-0.2, -0.15) is 0 Å². The molecule has 0 amide bonds. The fourth-order valence-corrected chi connectivity index (χ4v) is 0.865. The van der Waals surface area contributed by atoms with E-state index in [1.807, 2.05) is 13.8 Å². The Balaban J connectivity index is 3.87. The molecule has 0 aromatic rings. The van der Waals surface area contributed by atoms with Crippen molar-refractivity contribution in [1.82, 2.24) is 5.32 Å². The topological polar surface area (TPSA) is 32.3 Å². The zero-order chi connectivity index (χ0) is 8.36. The van der Waals surface area contributed by atoms with Crippen LogP contribution in [0.25, 0.3) is 0 Å². The van der Waals surface area contributed by atoms with E-state index in [9.17, 15) is 5.11 Å². The third kappa shape index (κ3) is 3.18. The Morgan fingerprint density at radius 3 is 1.70 bits per heavy atom. The van der Waals surface area contributed by atoms with E-state index in [0.29, 0.717) is 6.04 Å². The van der Waals surface area contributed by atoms with Gasteiger partial charge in [0.1, 0.15) is 0 Å². The van der Waals surface area contributed by atoms with Gasteiger partial charge in [0.2, 0.25) is 0 Å². The van der Waals surface area contributed by atoms with Crippen molar-refractivity contribution in [2.75, 3.05) is 0 Å². The van der Waals surface area contributed by atoms with Crippen molar-refractivity contribution in [3.63, 3.8) is 0 Å². The first-order chi connectivity index (χ1) is 4.36. The fourth-order valence-electron chi connectivity index (χ4n) is 0.865. The third-order valence-corrected chi connectivity index (χ3v) is 1.71. The largest absolute Gasteiger partial charge is 0.392 e. The van der Waals surface area contributed by atoms with Crippen LogP contribution in [0.15, 0.2) is 0 Å². The highest BCUT2D eigenvalue weighted by atomic mass is 16.3. The van der Waals surface area contributed by atoms with E-state index in [0.717, 1.165) is 0 Å². The summed E-state index contributed by atoms with van der Waals surface area (Å²) in [6.07, 6.45) is -0.310. The van der Waals surface area contributed by atoms with Crippen LogP contribution in [-0.2, 0) is 0 Å². The Morgan fingerprint density at radius 2 is 1.60 bits per heavy atom. The molecule has 0 saturated carbocycles. The van der Waals surface area contributed by atoms with Crippen LogP contribution in [0.5, 0.6) is 0 Å². The quantitative estimate of drug-likeness (QED) is 0.624. The summed E-state index contributed by atoms with van der Waals surface area (Å²) >= 11 is 0. The number of hydrogen-bond acceptors (Lipinski definition) is 2. The smallest absolute Gasteiger partial charge is 0.0688 e. The molecule has 0 aliphatic rings. The zero-order valence-corrected chi connectivity index (χ0v) is 7.60. The molecule has 0 radical (unpaired) electrons. The van der Waals surface area contributed by atoms with Crippen LogP contribution in [0.4, 0.5) is 0 Å². The standard InChI is InChI=1S/C8H19NO/c1-6(2)9-8(4,5)7(3)10/h6-7,9-10H,1-5H3. The van der Waals surface area contributed by atoms with E-state index < -0.39 is 0 Å². The van der Waals surface area contributed by atoms with Gasteiger partial charge in [0.15, 0.2) is 0 Å². The van der Waals surface area contributed by atoms with Crippen molar-refractivity contribution in [2.45, 2.75) is 52.3 Å². The Labute approximate surface area is 63.6 Å². The van der Waals surface area contributed by atoms with Gasteiger partial charge in [0, 0.05) is 11.6 Å².